The fourth-order valence-corrected chi connectivity index (χ4v) is 2.29. The quantitative estimate of drug-likeness (QED) is 0.315. The van der Waals surface area contributed by atoms with Gasteiger partial charge in [0.05, 0.1) is 17.1 Å². The van der Waals surface area contributed by atoms with E-state index in [0.717, 1.165) is 0 Å². The van der Waals surface area contributed by atoms with Crippen molar-refractivity contribution in [2.75, 3.05) is 13.3 Å². The summed E-state index contributed by atoms with van der Waals surface area (Å²) in [5, 5.41) is 10.7. The number of carbonyl (C=O) groups excluding carboxylic acids is 2. The molecule has 0 aromatic heterocycles. The topological polar surface area (TPSA) is 122 Å². The van der Waals surface area contributed by atoms with Crippen molar-refractivity contribution in [1.29, 1.82) is 0 Å². The molecule has 0 saturated carbocycles. The molecule has 0 aliphatic heterocycles. The number of ketones is 1. The zero-order valence-corrected chi connectivity index (χ0v) is 13.9. The van der Waals surface area contributed by atoms with E-state index in [-0.39, 0.29) is 37.8 Å². The highest BCUT2D eigenvalue weighted by Gasteiger charge is 2.10. The number of nitrogens with zero attached hydrogens (tertiary/aromatic N) is 1. The number of nitro benzene ring substituents is 1. The van der Waals surface area contributed by atoms with Gasteiger partial charge in [-0.3, -0.25) is 20.6 Å². The highest BCUT2D eigenvalue weighted by molar-refractivity contribution is 5.90. The van der Waals surface area contributed by atoms with Gasteiger partial charge < -0.3 is 9.47 Å². The molecule has 0 bridgehead atoms. The SMILES string of the molecule is NCOC(=O)c1cccc(CC(=O)COCc2cccc([N+](=O)[O-])c2)c1. The lowest BCUT2D eigenvalue weighted by Crippen LogP contribution is -2.14. The minimum absolute atomic E-state index is 0.0291. The zero-order valence-electron chi connectivity index (χ0n) is 13.9. The molecule has 26 heavy (non-hydrogen) atoms. The Hall–Kier alpha value is -3.10. The third-order valence-corrected chi connectivity index (χ3v) is 3.43. The van der Waals surface area contributed by atoms with E-state index in [1.165, 1.54) is 12.1 Å². The summed E-state index contributed by atoms with van der Waals surface area (Å²) in [5.74, 6) is -0.733. The first-order chi connectivity index (χ1) is 12.5. The van der Waals surface area contributed by atoms with E-state index in [0.29, 0.717) is 16.7 Å². The van der Waals surface area contributed by atoms with Gasteiger partial charge in [0.1, 0.15) is 13.3 Å². The van der Waals surface area contributed by atoms with Gasteiger partial charge in [0.25, 0.3) is 5.69 Å². The van der Waals surface area contributed by atoms with Gasteiger partial charge in [-0.15, -0.1) is 0 Å². The Balaban J connectivity index is 1.85. The van der Waals surface area contributed by atoms with Gasteiger partial charge >= 0.3 is 5.97 Å². The molecular weight excluding hydrogens is 340 g/mol. The van der Waals surface area contributed by atoms with Crippen LogP contribution < -0.4 is 5.73 Å². The highest BCUT2D eigenvalue weighted by Crippen LogP contribution is 2.14. The molecule has 8 heteroatoms. The molecule has 2 rings (SSSR count). The van der Waals surface area contributed by atoms with Gasteiger partial charge in [-0.05, 0) is 23.3 Å². The van der Waals surface area contributed by atoms with Gasteiger partial charge in [-0.2, -0.15) is 0 Å². The van der Waals surface area contributed by atoms with Crippen LogP contribution in [0.3, 0.4) is 0 Å². The highest BCUT2D eigenvalue weighted by atomic mass is 16.6. The molecule has 2 aromatic rings. The number of hydrogen-bond donors (Lipinski definition) is 1. The predicted molar refractivity (Wildman–Crippen MR) is 92.4 cm³/mol. The average molecular weight is 358 g/mol. The largest absolute Gasteiger partial charge is 0.446 e. The Kier molecular flexibility index (Phi) is 6.95. The number of esters is 1. The second kappa shape index (κ2) is 9.40. The summed E-state index contributed by atoms with van der Waals surface area (Å²) in [6, 6.07) is 12.5. The van der Waals surface area contributed by atoms with E-state index in [1.807, 2.05) is 0 Å². The minimum atomic E-state index is -0.552. The van der Waals surface area contributed by atoms with Crippen LogP contribution in [-0.2, 0) is 27.3 Å². The van der Waals surface area contributed by atoms with Crippen molar-refractivity contribution in [3.8, 4) is 0 Å². The fraction of sp³-hybridized carbons (Fsp3) is 0.222. The van der Waals surface area contributed by atoms with E-state index in [2.05, 4.69) is 0 Å². The second-order valence-electron chi connectivity index (χ2n) is 5.43. The summed E-state index contributed by atoms with van der Waals surface area (Å²) in [6.07, 6.45) is 0.0959. The number of rotatable bonds is 9. The van der Waals surface area contributed by atoms with Gasteiger partial charge in [0, 0.05) is 18.6 Å². The number of Topliss-reactive ketones (excluding diaryl/α,β-unsaturated/α-hetero) is 1. The first-order valence-corrected chi connectivity index (χ1v) is 7.78. The van der Waals surface area contributed by atoms with Gasteiger partial charge in [-0.1, -0.05) is 24.3 Å². The van der Waals surface area contributed by atoms with Crippen LogP contribution in [0.4, 0.5) is 5.69 Å². The molecule has 0 unspecified atom stereocenters. The van der Waals surface area contributed by atoms with Gasteiger partial charge in [-0.25, -0.2) is 4.79 Å². The lowest BCUT2D eigenvalue weighted by Gasteiger charge is -2.06. The van der Waals surface area contributed by atoms with Crippen LogP contribution in [0.15, 0.2) is 48.5 Å². The second-order valence-corrected chi connectivity index (χ2v) is 5.43. The molecule has 2 N–H and O–H groups in total. The number of nitro groups is 1. The van der Waals surface area contributed by atoms with Crippen LogP contribution in [0.1, 0.15) is 21.5 Å². The lowest BCUT2D eigenvalue weighted by molar-refractivity contribution is -0.384. The summed E-state index contributed by atoms with van der Waals surface area (Å²) >= 11 is 0. The molecule has 0 fully saturated rings. The van der Waals surface area contributed by atoms with E-state index in [9.17, 15) is 19.7 Å². The van der Waals surface area contributed by atoms with E-state index in [4.69, 9.17) is 15.2 Å². The van der Waals surface area contributed by atoms with Crippen LogP contribution in [0, 0.1) is 10.1 Å². The molecule has 0 aliphatic carbocycles. The van der Waals surface area contributed by atoms with Crippen molar-refractivity contribution in [3.63, 3.8) is 0 Å². The van der Waals surface area contributed by atoms with Crippen molar-refractivity contribution in [2.24, 2.45) is 5.73 Å². The molecule has 0 spiro atoms. The molecule has 2 aromatic carbocycles. The van der Waals surface area contributed by atoms with E-state index < -0.39 is 10.9 Å². The van der Waals surface area contributed by atoms with E-state index >= 15 is 0 Å². The smallest absolute Gasteiger partial charge is 0.339 e. The van der Waals surface area contributed by atoms with Crippen LogP contribution in [0.2, 0.25) is 0 Å². The van der Waals surface area contributed by atoms with Crippen LogP contribution in [0.25, 0.3) is 0 Å². The monoisotopic (exact) mass is 358 g/mol. The average Bonchev–Trinajstić information content (AvgIpc) is 2.62. The standard InChI is InChI=1S/C18H18N2O6/c19-12-26-18(22)15-5-1-3-13(7-15)9-17(21)11-25-10-14-4-2-6-16(8-14)20(23)24/h1-8H,9-12,19H2. The maximum absolute atomic E-state index is 12.0. The predicted octanol–water partition coefficient (Wildman–Crippen LogP) is 2.00. The number of carbonyl (C=O) groups is 2. The van der Waals surface area contributed by atoms with E-state index in [1.54, 1.807) is 36.4 Å². The number of benzene rings is 2. The van der Waals surface area contributed by atoms with Gasteiger partial charge in [0.2, 0.25) is 0 Å². The Morgan fingerprint density at radius 2 is 1.81 bits per heavy atom. The molecular formula is C18H18N2O6. The molecule has 0 radical (unpaired) electrons. The Labute approximate surface area is 149 Å². The Morgan fingerprint density at radius 3 is 2.54 bits per heavy atom. The normalized spacial score (nSPS) is 10.3. The maximum Gasteiger partial charge on any atom is 0.339 e. The Morgan fingerprint density at radius 1 is 1.08 bits per heavy atom. The first kappa shape index (κ1) is 19.2. The van der Waals surface area contributed by atoms with Crippen molar-refractivity contribution >= 4 is 17.4 Å². The molecule has 0 amide bonds. The fourth-order valence-electron chi connectivity index (χ4n) is 2.29. The molecule has 0 saturated heterocycles. The third-order valence-electron chi connectivity index (χ3n) is 3.43. The van der Waals surface area contributed by atoms with Crippen molar-refractivity contribution < 1.29 is 24.0 Å². The first-order valence-electron chi connectivity index (χ1n) is 7.78. The molecule has 136 valence electrons. The lowest BCUT2D eigenvalue weighted by atomic mass is 10.1. The molecule has 0 aliphatic rings. The third kappa shape index (κ3) is 5.76. The van der Waals surface area contributed by atoms with Crippen molar-refractivity contribution in [2.45, 2.75) is 13.0 Å². The van der Waals surface area contributed by atoms with Crippen LogP contribution in [0.5, 0.6) is 0 Å². The minimum Gasteiger partial charge on any atom is -0.446 e. The number of nitrogens with two attached hydrogens (primary N) is 1. The zero-order chi connectivity index (χ0) is 18.9. The van der Waals surface area contributed by atoms with Gasteiger partial charge in [0.15, 0.2) is 5.78 Å². The van der Waals surface area contributed by atoms with Crippen LogP contribution >= 0.6 is 0 Å². The number of ether oxygens (including phenoxy) is 2. The summed E-state index contributed by atoms with van der Waals surface area (Å²) < 4.78 is 10.0. The molecule has 8 nitrogen and oxygen atoms in total. The molecule has 0 atom stereocenters. The number of hydrogen-bond acceptors (Lipinski definition) is 7. The number of non-ortho nitro benzene ring substituents is 1. The summed E-state index contributed by atoms with van der Waals surface area (Å²) in [4.78, 5) is 33.9. The molecule has 0 heterocycles. The summed E-state index contributed by atoms with van der Waals surface area (Å²) in [7, 11) is 0. The van der Waals surface area contributed by atoms with Crippen molar-refractivity contribution in [3.05, 3.63) is 75.3 Å². The summed E-state index contributed by atoms with van der Waals surface area (Å²) in [5.41, 5.74) is 6.71. The maximum atomic E-state index is 12.0. The van der Waals surface area contributed by atoms with Crippen LogP contribution in [-0.4, -0.2) is 30.0 Å². The Bertz CT molecular complexity index is 806. The van der Waals surface area contributed by atoms with Crippen molar-refractivity contribution in [1.82, 2.24) is 0 Å². The summed E-state index contributed by atoms with van der Waals surface area (Å²) in [6.45, 7) is -0.260.